The molecular formula is C20H25N3O7S2. The molecule has 0 aliphatic carbocycles. The third-order valence-electron chi connectivity index (χ3n) is 5.10. The minimum atomic E-state index is -4.04. The Balaban J connectivity index is 1.97. The van der Waals surface area contributed by atoms with Crippen LogP contribution in [0.4, 0.5) is 5.69 Å². The van der Waals surface area contributed by atoms with E-state index in [0.717, 1.165) is 25.3 Å². The Morgan fingerprint density at radius 2 is 1.56 bits per heavy atom. The summed E-state index contributed by atoms with van der Waals surface area (Å²) in [6, 6.07) is 7.89. The molecule has 0 bridgehead atoms. The number of sulfonamides is 2. The smallest absolute Gasteiger partial charge is 0.259 e. The van der Waals surface area contributed by atoms with Crippen molar-refractivity contribution < 1.29 is 31.1 Å². The van der Waals surface area contributed by atoms with E-state index < -0.39 is 26.0 Å². The maximum absolute atomic E-state index is 13.2. The van der Waals surface area contributed by atoms with E-state index in [-0.39, 0.29) is 32.5 Å². The molecule has 0 aromatic heterocycles. The Labute approximate surface area is 187 Å². The Kier molecular flexibility index (Phi) is 7.08. The van der Waals surface area contributed by atoms with E-state index in [0.29, 0.717) is 13.1 Å². The van der Waals surface area contributed by atoms with Gasteiger partial charge in [0.25, 0.3) is 5.91 Å². The average Bonchev–Trinajstić information content (AvgIpc) is 2.78. The largest absolute Gasteiger partial charge is 0.496 e. The van der Waals surface area contributed by atoms with Gasteiger partial charge in [0, 0.05) is 18.8 Å². The number of nitrogens with zero attached hydrogens (tertiary/aromatic N) is 1. The molecule has 12 heteroatoms. The molecule has 10 nitrogen and oxygen atoms in total. The molecule has 32 heavy (non-hydrogen) atoms. The number of hydrogen-bond acceptors (Lipinski definition) is 7. The van der Waals surface area contributed by atoms with E-state index in [1.807, 2.05) is 0 Å². The molecule has 1 fully saturated rings. The molecule has 3 rings (SSSR count). The minimum Gasteiger partial charge on any atom is -0.496 e. The van der Waals surface area contributed by atoms with Crippen LogP contribution in [0.2, 0.25) is 0 Å². The highest BCUT2D eigenvalue weighted by Crippen LogP contribution is 2.32. The topological polar surface area (TPSA) is 145 Å². The number of methoxy groups -OCH3 is 2. The third-order valence-corrected chi connectivity index (χ3v) is 7.93. The lowest BCUT2D eigenvalue weighted by Gasteiger charge is -2.26. The first-order chi connectivity index (χ1) is 15.1. The lowest BCUT2D eigenvalue weighted by molar-refractivity contribution is 0.102. The SMILES string of the molecule is COc1ccc(S(N)(=O)=O)cc1C(=O)Nc1ccc(OC)c(S(=O)(=O)N2CCCCC2)c1. The van der Waals surface area contributed by atoms with Crippen LogP contribution in [0.25, 0.3) is 0 Å². The number of ether oxygens (including phenoxy) is 2. The second-order valence-electron chi connectivity index (χ2n) is 7.19. The van der Waals surface area contributed by atoms with Crippen LogP contribution in [-0.2, 0) is 20.0 Å². The van der Waals surface area contributed by atoms with Crippen molar-refractivity contribution >= 4 is 31.6 Å². The maximum atomic E-state index is 13.2. The second-order valence-corrected chi connectivity index (χ2v) is 10.7. The van der Waals surface area contributed by atoms with Crippen molar-refractivity contribution in [3.8, 4) is 11.5 Å². The summed E-state index contributed by atoms with van der Waals surface area (Å²) in [5, 5.41) is 7.74. The first-order valence-corrected chi connectivity index (χ1v) is 12.8. The summed E-state index contributed by atoms with van der Waals surface area (Å²) < 4.78 is 61.4. The van der Waals surface area contributed by atoms with Crippen molar-refractivity contribution in [1.82, 2.24) is 4.31 Å². The van der Waals surface area contributed by atoms with E-state index in [1.165, 1.54) is 48.9 Å². The molecule has 174 valence electrons. The van der Waals surface area contributed by atoms with Crippen LogP contribution < -0.4 is 19.9 Å². The fourth-order valence-electron chi connectivity index (χ4n) is 3.44. The number of piperidine rings is 1. The van der Waals surface area contributed by atoms with Gasteiger partial charge in [-0.2, -0.15) is 4.31 Å². The molecule has 0 radical (unpaired) electrons. The zero-order valence-electron chi connectivity index (χ0n) is 17.7. The van der Waals surface area contributed by atoms with Gasteiger partial charge in [-0.1, -0.05) is 6.42 Å². The van der Waals surface area contributed by atoms with Gasteiger partial charge in [-0.3, -0.25) is 4.79 Å². The average molecular weight is 484 g/mol. The van der Waals surface area contributed by atoms with Gasteiger partial charge < -0.3 is 14.8 Å². The maximum Gasteiger partial charge on any atom is 0.259 e. The number of amides is 1. The molecule has 0 saturated carbocycles. The minimum absolute atomic E-state index is 0.0649. The van der Waals surface area contributed by atoms with Crippen LogP contribution in [0.15, 0.2) is 46.2 Å². The fraction of sp³-hybridized carbons (Fsp3) is 0.350. The lowest BCUT2D eigenvalue weighted by Crippen LogP contribution is -2.35. The highest BCUT2D eigenvalue weighted by molar-refractivity contribution is 7.89. The fourth-order valence-corrected chi connectivity index (χ4v) is 5.68. The van der Waals surface area contributed by atoms with Crippen LogP contribution in [-0.4, -0.2) is 54.4 Å². The standard InChI is InChI=1S/C20H25N3O7S2/c1-29-17-9-7-15(31(21,25)26)13-16(17)20(24)22-14-6-8-18(30-2)19(12-14)32(27,28)23-10-4-3-5-11-23/h6-9,12-13H,3-5,10-11H2,1-2H3,(H,22,24)(H2,21,25,26). The van der Waals surface area contributed by atoms with Crippen molar-refractivity contribution in [2.24, 2.45) is 5.14 Å². The molecule has 0 spiro atoms. The van der Waals surface area contributed by atoms with E-state index >= 15 is 0 Å². The summed E-state index contributed by atoms with van der Waals surface area (Å²) in [4.78, 5) is 12.5. The van der Waals surface area contributed by atoms with Crippen LogP contribution >= 0.6 is 0 Å². The summed E-state index contributed by atoms with van der Waals surface area (Å²) >= 11 is 0. The van der Waals surface area contributed by atoms with Gasteiger partial charge in [0.05, 0.1) is 24.7 Å². The molecule has 2 aromatic carbocycles. The van der Waals surface area contributed by atoms with Crippen molar-refractivity contribution in [1.29, 1.82) is 0 Å². The number of rotatable bonds is 7. The third kappa shape index (κ3) is 5.04. The van der Waals surface area contributed by atoms with Gasteiger partial charge in [-0.05, 0) is 49.2 Å². The van der Waals surface area contributed by atoms with Crippen molar-refractivity contribution in [2.45, 2.75) is 29.1 Å². The van der Waals surface area contributed by atoms with Gasteiger partial charge in [0.15, 0.2) is 0 Å². The second kappa shape index (κ2) is 9.45. The highest BCUT2D eigenvalue weighted by atomic mass is 32.2. The number of nitrogens with two attached hydrogens (primary N) is 1. The van der Waals surface area contributed by atoms with E-state index in [9.17, 15) is 21.6 Å². The van der Waals surface area contributed by atoms with Crippen LogP contribution in [0.5, 0.6) is 11.5 Å². The molecule has 3 N–H and O–H groups in total. The van der Waals surface area contributed by atoms with E-state index in [2.05, 4.69) is 5.32 Å². The lowest BCUT2D eigenvalue weighted by atomic mass is 10.2. The molecule has 0 unspecified atom stereocenters. The molecule has 1 aliphatic heterocycles. The molecule has 1 aliphatic rings. The molecule has 1 heterocycles. The normalized spacial score (nSPS) is 15.2. The van der Waals surface area contributed by atoms with Crippen LogP contribution in [0.1, 0.15) is 29.6 Å². The number of anilines is 1. The van der Waals surface area contributed by atoms with Crippen molar-refractivity contribution in [2.75, 3.05) is 32.6 Å². The quantitative estimate of drug-likeness (QED) is 0.610. The van der Waals surface area contributed by atoms with Gasteiger partial charge in [-0.25, -0.2) is 22.0 Å². The highest BCUT2D eigenvalue weighted by Gasteiger charge is 2.29. The zero-order valence-corrected chi connectivity index (χ0v) is 19.3. The van der Waals surface area contributed by atoms with E-state index in [1.54, 1.807) is 0 Å². The summed E-state index contributed by atoms with van der Waals surface area (Å²) in [6.45, 7) is 0.833. The van der Waals surface area contributed by atoms with Crippen LogP contribution in [0.3, 0.4) is 0 Å². The first kappa shape index (κ1) is 24.0. The number of nitrogens with one attached hydrogen (secondary N) is 1. The molecular weight excluding hydrogens is 458 g/mol. The first-order valence-electron chi connectivity index (χ1n) is 9.78. The zero-order chi connectivity index (χ0) is 23.5. The Bertz CT molecular complexity index is 1220. The predicted octanol–water partition coefficient (Wildman–Crippen LogP) is 1.78. The van der Waals surface area contributed by atoms with E-state index in [4.69, 9.17) is 14.6 Å². The monoisotopic (exact) mass is 483 g/mol. The van der Waals surface area contributed by atoms with Crippen molar-refractivity contribution in [3.63, 3.8) is 0 Å². The number of carbonyl (C=O) groups is 1. The molecule has 1 saturated heterocycles. The summed E-state index contributed by atoms with van der Waals surface area (Å²) in [6.07, 6.45) is 2.52. The van der Waals surface area contributed by atoms with Crippen LogP contribution in [0, 0.1) is 0 Å². The summed E-state index contributed by atoms with van der Waals surface area (Å²) in [5.41, 5.74) is 0.115. The Morgan fingerprint density at radius 1 is 0.938 bits per heavy atom. The van der Waals surface area contributed by atoms with Gasteiger partial charge >= 0.3 is 0 Å². The number of benzene rings is 2. The summed E-state index contributed by atoms with van der Waals surface area (Å²) in [7, 11) is -5.17. The Morgan fingerprint density at radius 3 is 2.16 bits per heavy atom. The number of hydrogen-bond donors (Lipinski definition) is 2. The Hall–Kier alpha value is -2.67. The van der Waals surface area contributed by atoms with Crippen molar-refractivity contribution in [3.05, 3.63) is 42.0 Å². The van der Waals surface area contributed by atoms with Gasteiger partial charge in [0.2, 0.25) is 20.0 Å². The number of carbonyl (C=O) groups excluding carboxylic acids is 1. The molecule has 2 aromatic rings. The summed E-state index contributed by atoms with van der Waals surface area (Å²) in [5.74, 6) is -0.411. The number of primary sulfonamides is 1. The molecule has 0 atom stereocenters. The molecule has 1 amide bonds. The van der Waals surface area contributed by atoms with Gasteiger partial charge in [-0.15, -0.1) is 0 Å². The predicted molar refractivity (Wildman–Crippen MR) is 118 cm³/mol. The van der Waals surface area contributed by atoms with Gasteiger partial charge in [0.1, 0.15) is 16.4 Å².